The molecule has 2 aromatic heterocycles. The smallest absolute Gasteiger partial charge is 0.293 e. The summed E-state index contributed by atoms with van der Waals surface area (Å²) in [6, 6.07) is 22.1. The van der Waals surface area contributed by atoms with Crippen LogP contribution in [-0.2, 0) is 13.0 Å². The normalized spacial score (nSPS) is 13.4. The lowest BCUT2D eigenvalue weighted by atomic mass is 10.00. The second-order valence-electron chi connectivity index (χ2n) is 6.73. The third-order valence-electron chi connectivity index (χ3n) is 4.96. The van der Waals surface area contributed by atoms with E-state index in [0.29, 0.717) is 18.9 Å². The fraction of sp³-hybridized carbons (Fsp3) is 0.136. The topological polar surface area (TPSA) is 51.0 Å². The summed E-state index contributed by atoms with van der Waals surface area (Å²) in [4.78, 5) is 20.6. The fourth-order valence-corrected chi connectivity index (χ4v) is 4.23. The largest absolute Gasteiger partial charge is 0.331 e. The monoisotopic (exact) mass is 386 g/mol. The van der Waals surface area contributed by atoms with E-state index in [2.05, 4.69) is 22.2 Å². The van der Waals surface area contributed by atoms with Crippen LogP contribution in [0, 0.1) is 0 Å². The molecule has 0 saturated carbocycles. The molecule has 0 N–H and O–H groups in total. The van der Waals surface area contributed by atoms with Crippen LogP contribution in [0.5, 0.6) is 0 Å². The second kappa shape index (κ2) is 7.05. The number of benzene rings is 2. The van der Waals surface area contributed by atoms with Crippen molar-refractivity contribution < 1.29 is 4.79 Å². The van der Waals surface area contributed by atoms with Gasteiger partial charge < -0.3 is 4.90 Å². The quantitative estimate of drug-likeness (QED) is 0.530. The number of hydrogen-bond donors (Lipinski definition) is 0. The molecular formula is C22H18N4OS. The van der Waals surface area contributed by atoms with Crippen molar-refractivity contribution in [1.82, 2.24) is 19.7 Å². The molecule has 0 unspecified atom stereocenters. The van der Waals surface area contributed by atoms with Crippen LogP contribution in [0.25, 0.3) is 16.4 Å². The van der Waals surface area contributed by atoms with Crippen LogP contribution >= 0.6 is 11.3 Å². The third kappa shape index (κ3) is 3.01. The molecule has 1 amide bonds. The highest BCUT2D eigenvalue weighted by atomic mass is 32.1. The summed E-state index contributed by atoms with van der Waals surface area (Å²) in [6.07, 6.45) is 0.860. The van der Waals surface area contributed by atoms with Gasteiger partial charge in [-0.05, 0) is 41.1 Å². The maximum absolute atomic E-state index is 13.2. The van der Waals surface area contributed by atoms with Gasteiger partial charge in [-0.3, -0.25) is 4.79 Å². The maximum atomic E-state index is 13.2. The minimum absolute atomic E-state index is 0.123. The molecule has 0 fully saturated rings. The van der Waals surface area contributed by atoms with Crippen molar-refractivity contribution in [1.29, 1.82) is 0 Å². The predicted octanol–water partition coefficient (Wildman–Crippen LogP) is 4.19. The van der Waals surface area contributed by atoms with Crippen molar-refractivity contribution in [2.24, 2.45) is 0 Å². The number of fused-ring (bicyclic) bond motifs is 1. The van der Waals surface area contributed by atoms with E-state index >= 15 is 0 Å². The van der Waals surface area contributed by atoms with Crippen molar-refractivity contribution >= 4 is 17.2 Å². The average Bonchev–Trinajstić information content (AvgIpc) is 3.43. The lowest BCUT2D eigenvalue weighted by Crippen LogP contribution is -2.36. The Labute approximate surface area is 166 Å². The first-order valence-electron chi connectivity index (χ1n) is 9.22. The van der Waals surface area contributed by atoms with Gasteiger partial charge in [0.1, 0.15) is 0 Å². The van der Waals surface area contributed by atoms with Crippen molar-refractivity contribution in [2.75, 3.05) is 6.54 Å². The van der Waals surface area contributed by atoms with Gasteiger partial charge in [0, 0.05) is 13.1 Å². The molecule has 28 heavy (non-hydrogen) atoms. The van der Waals surface area contributed by atoms with Crippen LogP contribution in [0.15, 0.2) is 72.1 Å². The Morgan fingerprint density at radius 3 is 2.50 bits per heavy atom. The lowest BCUT2D eigenvalue weighted by molar-refractivity contribution is 0.0722. The number of hydrogen-bond acceptors (Lipinski definition) is 4. The van der Waals surface area contributed by atoms with Gasteiger partial charge in [0.05, 0.1) is 10.6 Å². The van der Waals surface area contributed by atoms with Crippen LogP contribution in [0.3, 0.4) is 0 Å². The predicted molar refractivity (Wildman–Crippen MR) is 110 cm³/mol. The molecule has 138 valence electrons. The number of aromatic nitrogens is 3. The zero-order chi connectivity index (χ0) is 18.9. The summed E-state index contributed by atoms with van der Waals surface area (Å²) in [6.45, 7) is 1.28. The van der Waals surface area contributed by atoms with E-state index in [-0.39, 0.29) is 11.7 Å². The van der Waals surface area contributed by atoms with Crippen LogP contribution in [0.1, 0.15) is 21.7 Å². The summed E-state index contributed by atoms with van der Waals surface area (Å²) >= 11 is 1.59. The SMILES string of the molecule is O=C(c1nc(-c2cccs2)n(-c2ccccc2)n1)N1CCc2ccccc2C1. The van der Waals surface area contributed by atoms with E-state index < -0.39 is 0 Å². The van der Waals surface area contributed by atoms with Crippen LogP contribution in [-0.4, -0.2) is 32.1 Å². The molecule has 0 bridgehead atoms. The highest BCUT2D eigenvalue weighted by Crippen LogP contribution is 2.26. The summed E-state index contributed by atoms with van der Waals surface area (Å²) < 4.78 is 1.76. The summed E-state index contributed by atoms with van der Waals surface area (Å²) in [5, 5.41) is 6.59. The Kier molecular flexibility index (Phi) is 4.25. The molecule has 1 aliphatic heterocycles. The Balaban J connectivity index is 1.51. The van der Waals surface area contributed by atoms with Crippen LogP contribution in [0.2, 0.25) is 0 Å². The first kappa shape index (κ1) is 16.9. The number of carbonyl (C=O) groups is 1. The Hall–Kier alpha value is -3.25. The Bertz CT molecular complexity index is 1120. The molecule has 6 heteroatoms. The Morgan fingerprint density at radius 2 is 1.71 bits per heavy atom. The number of thiophene rings is 1. The molecule has 0 atom stereocenters. The van der Waals surface area contributed by atoms with Crippen molar-refractivity contribution in [3.8, 4) is 16.4 Å². The number of nitrogens with zero attached hydrogens (tertiary/aromatic N) is 4. The van der Waals surface area contributed by atoms with E-state index in [9.17, 15) is 4.79 Å². The van der Waals surface area contributed by atoms with E-state index in [1.165, 1.54) is 11.1 Å². The molecule has 0 saturated heterocycles. The first-order chi connectivity index (χ1) is 13.8. The number of amides is 1. The van der Waals surface area contributed by atoms with Crippen molar-refractivity contribution in [3.05, 3.63) is 89.1 Å². The molecule has 2 aromatic carbocycles. The molecule has 0 aliphatic carbocycles. The lowest BCUT2D eigenvalue weighted by Gasteiger charge is -2.27. The van der Waals surface area contributed by atoms with Crippen molar-refractivity contribution in [3.63, 3.8) is 0 Å². The van der Waals surface area contributed by atoms with Gasteiger partial charge in [0.15, 0.2) is 5.82 Å². The van der Waals surface area contributed by atoms with Gasteiger partial charge in [-0.2, -0.15) is 0 Å². The molecule has 0 radical (unpaired) electrons. The summed E-state index contributed by atoms with van der Waals surface area (Å²) in [5.41, 5.74) is 3.40. The minimum Gasteiger partial charge on any atom is -0.331 e. The standard InChI is InChI=1S/C22H18N4OS/c27-22(25-13-12-16-7-4-5-8-17(16)15-25)20-23-21(19-11-6-14-28-19)26(24-20)18-9-2-1-3-10-18/h1-11,14H,12-13,15H2. The summed E-state index contributed by atoms with van der Waals surface area (Å²) in [7, 11) is 0. The number of carbonyl (C=O) groups excluding carboxylic acids is 1. The number of para-hydroxylation sites is 1. The van der Waals surface area contributed by atoms with Crippen LogP contribution in [0.4, 0.5) is 0 Å². The van der Waals surface area contributed by atoms with E-state index in [4.69, 9.17) is 0 Å². The van der Waals surface area contributed by atoms with E-state index in [0.717, 1.165) is 17.0 Å². The zero-order valence-electron chi connectivity index (χ0n) is 15.2. The van der Waals surface area contributed by atoms with E-state index in [1.807, 2.05) is 64.9 Å². The van der Waals surface area contributed by atoms with Gasteiger partial charge in [-0.25, -0.2) is 9.67 Å². The molecule has 4 aromatic rings. The third-order valence-corrected chi connectivity index (χ3v) is 5.82. The van der Waals surface area contributed by atoms with Gasteiger partial charge in [0.2, 0.25) is 5.82 Å². The minimum atomic E-state index is -0.123. The summed E-state index contributed by atoms with van der Waals surface area (Å²) in [5.74, 6) is 0.815. The highest BCUT2D eigenvalue weighted by molar-refractivity contribution is 7.13. The van der Waals surface area contributed by atoms with Gasteiger partial charge in [-0.15, -0.1) is 16.4 Å². The van der Waals surface area contributed by atoms with Crippen LogP contribution < -0.4 is 0 Å². The van der Waals surface area contributed by atoms with Gasteiger partial charge >= 0.3 is 0 Å². The molecule has 1 aliphatic rings. The van der Waals surface area contributed by atoms with Gasteiger partial charge in [-0.1, -0.05) is 48.5 Å². The van der Waals surface area contributed by atoms with E-state index in [1.54, 1.807) is 16.0 Å². The Morgan fingerprint density at radius 1 is 0.929 bits per heavy atom. The van der Waals surface area contributed by atoms with Gasteiger partial charge in [0.25, 0.3) is 5.91 Å². The number of rotatable bonds is 3. The molecule has 3 heterocycles. The molecular weight excluding hydrogens is 368 g/mol. The second-order valence-corrected chi connectivity index (χ2v) is 7.68. The fourth-order valence-electron chi connectivity index (χ4n) is 3.53. The highest BCUT2D eigenvalue weighted by Gasteiger charge is 2.26. The average molecular weight is 386 g/mol. The molecule has 0 spiro atoms. The maximum Gasteiger partial charge on any atom is 0.293 e. The van der Waals surface area contributed by atoms with Crippen molar-refractivity contribution in [2.45, 2.75) is 13.0 Å². The molecule has 5 nitrogen and oxygen atoms in total. The zero-order valence-corrected chi connectivity index (χ0v) is 16.0. The molecule has 5 rings (SSSR count). The first-order valence-corrected chi connectivity index (χ1v) is 10.1.